The zero-order valence-corrected chi connectivity index (χ0v) is 6.16. The normalized spacial score (nSPS) is 56.0. The van der Waals surface area contributed by atoms with E-state index in [0.29, 0.717) is 0 Å². The van der Waals surface area contributed by atoms with E-state index in [1.807, 2.05) is 0 Å². The lowest BCUT2D eigenvalue weighted by molar-refractivity contribution is 0.311. The molecule has 0 aromatic heterocycles. The molecule has 3 aliphatic rings. The van der Waals surface area contributed by atoms with Crippen LogP contribution in [0, 0.1) is 23.7 Å². The summed E-state index contributed by atoms with van der Waals surface area (Å²) in [5.74, 6) is 4.01. The molecule has 1 aliphatic heterocycles. The van der Waals surface area contributed by atoms with Crippen molar-refractivity contribution in [2.75, 3.05) is 6.54 Å². The molecular formula is C9H13N. The van der Waals surface area contributed by atoms with Gasteiger partial charge in [-0.2, -0.15) is 0 Å². The van der Waals surface area contributed by atoms with Crippen molar-refractivity contribution in [3.8, 4) is 0 Å². The van der Waals surface area contributed by atoms with Crippen LogP contribution in [0.1, 0.15) is 19.3 Å². The Bertz CT molecular complexity index is 185. The molecule has 0 N–H and O–H groups in total. The Hall–Kier alpha value is -0.330. The van der Waals surface area contributed by atoms with Crippen molar-refractivity contribution < 1.29 is 0 Å². The van der Waals surface area contributed by atoms with E-state index in [2.05, 4.69) is 11.2 Å². The van der Waals surface area contributed by atoms with Gasteiger partial charge in [0.1, 0.15) is 0 Å². The summed E-state index contributed by atoms with van der Waals surface area (Å²) in [6.07, 6.45) is 6.78. The van der Waals surface area contributed by atoms with Gasteiger partial charge in [0.25, 0.3) is 0 Å². The molecule has 54 valence electrons. The Balaban J connectivity index is 1.97. The highest BCUT2D eigenvalue weighted by molar-refractivity contribution is 5.65. The maximum Gasteiger partial charge on any atom is 0.0422 e. The number of hydrogen-bond acceptors (Lipinski definition) is 1. The van der Waals surface area contributed by atoms with Crippen molar-refractivity contribution in [2.45, 2.75) is 19.3 Å². The van der Waals surface area contributed by atoms with Crippen LogP contribution in [0.4, 0.5) is 0 Å². The molecule has 1 heterocycles. The summed E-state index contributed by atoms with van der Waals surface area (Å²) in [5, 5.41) is 0. The molecule has 2 aliphatic carbocycles. The second-order valence-electron chi connectivity index (χ2n) is 4.09. The highest BCUT2D eigenvalue weighted by Gasteiger charge is 2.47. The van der Waals surface area contributed by atoms with Crippen LogP contribution in [0.15, 0.2) is 4.99 Å². The molecule has 0 radical (unpaired) electrons. The summed E-state index contributed by atoms with van der Waals surface area (Å²) in [6.45, 7) is 1.16. The SMILES string of the molecule is C1=NC[C@@H]2[C@@H]3CC[C@@H](C3)[C@H]12. The molecule has 0 amide bonds. The van der Waals surface area contributed by atoms with Gasteiger partial charge in [-0.25, -0.2) is 0 Å². The fourth-order valence-electron chi connectivity index (χ4n) is 3.26. The third-order valence-corrected chi connectivity index (χ3v) is 3.75. The standard InChI is InChI=1S/C9H13N/c1-2-7-3-6(1)8-4-10-5-9(7)8/h4,6-9H,1-3,5H2/t6-,7+,8-,9+/m0/s1. The predicted molar refractivity (Wildman–Crippen MR) is 41.2 cm³/mol. The van der Waals surface area contributed by atoms with E-state index in [1.54, 1.807) is 0 Å². The second kappa shape index (κ2) is 1.63. The summed E-state index contributed by atoms with van der Waals surface area (Å²) in [5.41, 5.74) is 0. The third kappa shape index (κ3) is 0.480. The summed E-state index contributed by atoms with van der Waals surface area (Å²) >= 11 is 0. The van der Waals surface area contributed by atoms with Gasteiger partial charge in [-0.05, 0) is 37.0 Å². The summed E-state index contributed by atoms with van der Waals surface area (Å²) in [7, 11) is 0. The molecule has 2 saturated carbocycles. The van der Waals surface area contributed by atoms with Gasteiger partial charge in [0, 0.05) is 18.7 Å². The topological polar surface area (TPSA) is 12.4 Å². The Labute approximate surface area is 61.5 Å². The smallest absolute Gasteiger partial charge is 0.0422 e. The number of aliphatic imine (C=N–C) groups is 1. The fourth-order valence-corrected chi connectivity index (χ4v) is 3.26. The number of rotatable bonds is 0. The van der Waals surface area contributed by atoms with Gasteiger partial charge in [0.05, 0.1) is 0 Å². The zero-order chi connectivity index (χ0) is 6.55. The third-order valence-electron chi connectivity index (χ3n) is 3.75. The van der Waals surface area contributed by atoms with Crippen LogP contribution in [-0.2, 0) is 0 Å². The lowest BCUT2D eigenvalue weighted by Gasteiger charge is -2.21. The van der Waals surface area contributed by atoms with Gasteiger partial charge in [-0.3, -0.25) is 4.99 Å². The molecule has 2 fully saturated rings. The number of nitrogens with zero attached hydrogens (tertiary/aromatic N) is 1. The van der Waals surface area contributed by atoms with Crippen LogP contribution < -0.4 is 0 Å². The van der Waals surface area contributed by atoms with Gasteiger partial charge in [0.15, 0.2) is 0 Å². The van der Waals surface area contributed by atoms with Crippen molar-refractivity contribution in [1.29, 1.82) is 0 Å². The zero-order valence-electron chi connectivity index (χ0n) is 6.16. The van der Waals surface area contributed by atoms with E-state index in [1.165, 1.54) is 19.3 Å². The lowest BCUT2D eigenvalue weighted by Crippen LogP contribution is -2.20. The molecule has 2 bridgehead atoms. The van der Waals surface area contributed by atoms with E-state index in [4.69, 9.17) is 0 Å². The van der Waals surface area contributed by atoms with Crippen LogP contribution in [0.3, 0.4) is 0 Å². The molecular weight excluding hydrogens is 122 g/mol. The first kappa shape index (κ1) is 5.34. The van der Waals surface area contributed by atoms with E-state index >= 15 is 0 Å². The van der Waals surface area contributed by atoms with Crippen molar-refractivity contribution in [1.82, 2.24) is 0 Å². The van der Waals surface area contributed by atoms with Gasteiger partial charge in [-0.15, -0.1) is 0 Å². The summed E-state index contributed by atoms with van der Waals surface area (Å²) in [4.78, 5) is 4.38. The highest BCUT2D eigenvalue weighted by atomic mass is 14.8. The summed E-state index contributed by atoms with van der Waals surface area (Å²) < 4.78 is 0. The predicted octanol–water partition coefficient (Wildman–Crippen LogP) is 1.73. The molecule has 0 aromatic carbocycles. The van der Waals surface area contributed by atoms with Gasteiger partial charge in [0.2, 0.25) is 0 Å². The molecule has 10 heavy (non-hydrogen) atoms. The first-order valence-electron chi connectivity index (χ1n) is 4.45. The largest absolute Gasteiger partial charge is 0.297 e. The molecule has 1 nitrogen and oxygen atoms in total. The molecule has 4 atom stereocenters. The number of fused-ring (bicyclic) bond motifs is 5. The van der Waals surface area contributed by atoms with Crippen LogP contribution in [0.5, 0.6) is 0 Å². The van der Waals surface area contributed by atoms with E-state index in [-0.39, 0.29) is 0 Å². The Kier molecular flexibility index (Phi) is 0.872. The quantitative estimate of drug-likeness (QED) is 0.479. The van der Waals surface area contributed by atoms with Gasteiger partial charge >= 0.3 is 0 Å². The summed E-state index contributed by atoms with van der Waals surface area (Å²) in [6, 6.07) is 0. The Morgan fingerprint density at radius 1 is 1.20 bits per heavy atom. The molecule has 3 rings (SSSR count). The average Bonchev–Trinajstić information content (AvgIpc) is 2.60. The molecule has 1 heteroatoms. The maximum absolute atomic E-state index is 4.38. The van der Waals surface area contributed by atoms with Gasteiger partial charge in [-0.1, -0.05) is 0 Å². The Morgan fingerprint density at radius 3 is 3.00 bits per heavy atom. The van der Waals surface area contributed by atoms with Gasteiger partial charge < -0.3 is 0 Å². The second-order valence-corrected chi connectivity index (χ2v) is 4.09. The monoisotopic (exact) mass is 135 g/mol. The lowest BCUT2D eigenvalue weighted by atomic mass is 9.82. The minimum atomic E-state index is 0.916. The minimum absolute atomic E-state index is 0.916. The first-order valence-corrected chi connectivity index (χ1v) is 4.45. The van der Waals surface area contributed by atoms with Crippen molar-refractivity contribution in [2.24, 2.45) is 28.7 Å². The molecule has 0 aromatic rings. The van der Waals surface area contributed by atoms with Crippen molar-refractivity contribution in [3.63, 3.8) is 0 Å². The van der Waals surface area contributed by atoms with Crippen LogP contribution in [-0.4, -0.2) is 12.8 Å². The van der Waals surface area contributed by atoms with Crippen LogP contribution in [0.25, 0.3) is 0 Å². The minimum Gasteiger partial charge on any atom is -0.297 e. The van der Waals surface area contributed by atoms with Crippen LogP contribution in [0.2, 0.25) is 0 Å². The molecule has 0 unspecified atom stereocenters. The maximum atomic E-state index is 4.38. The Morgan fingerprint density at radius 2 is 2.10 bits per heavy atom. The fraction of sp³-hybridized carbons (Fsp3) is 0.889. The van der Waals surface area contributed by atoms with Crippen molar-refractivity contribution >= 4 is 6.21 Å². The van der Waals surface area contributed by atoms with E-state index < -0.39 is 0 Å². The average molecular weight is 135 g/mol. The highest BCUT2D eigenvalue weighted by Crippen LogP contribution is 2.53. The number of hydrogen-bond donors (Lipinski definition) is 0. The van der Waals surface area contributed by atoms with E-state index in [9.17, 15) is 0 Å². The van der Waals surface area contributed by atoms with Crippen LogP contribution >= 0.6 is 0 Å². The van der Waals surface area contributed by atoms with E-state index in [0.717, 1.165) is 30.2 Å². The first-order chi connectivity index (χ1) is 4.95. The molecule has 0 spiro atoms. The van der Waals surface area contributed by atoms with Crippen molar-refractivity contribution in [3.05, 3.63) is 0 Å². The molecule has 0 saturated heterocycles.